The Hall–Kier alpha value is -2.69. The Balaban J connectivity index is 1.44. The van der Waals surface area contributed by atoms with Gasteiger partial charge in [-0.1, -0.05) is 24.3 Å². The summed E-state index contributed by atoms with van der Waals surface area (Å²) in [6.07, 6.45) is 2.48. The third kappa shape index (κ3) is 3.27. The van der Waals surface area contributed by atoms with Gasteiger partial charge in [0.05, 0.1) is 17.5 Å². The van der Waals surface area contributed by atoms with Crippen molar-refractivity contribution in [3.63, 3.8) is 0 Å². The molecule has 1 aliphatic rings. The summed E-state index contributed by atoms with van der Waals surface area (Å²) in [5.41, 5.74) is 3.48. The lowest BCUT2D eigenvalue weighted by Gasteiger charge is -2.06. The van der Waals surface area contributed by atoms with Gasteiger partial charge in [0.25, 0.3) is 0 Å². The molecule has 5 heteroatoms. The van der Waals surface area contributed by atoms with Crippen LogP contribution in [0.3, 0.4) is 0 Å². The van der Waals surface area contributed by atoms with E-state index in [4.69, 9.17) is 4.98 Å². The molecule has 0 unspecified atom stereocenters. The summed E-state index contributed by atoms with van der Waals surface area (Å²) in [5.74, 6) is 1.21. The molecule has 1 aliphatic carbocycles. The van der Waals surface area contributed by atoms with Gasteiger partial charge >= 0.3 is 0 Å². The standard InChI is InChI=1S/C20H20FN3O/c1-24-18-9-6-13(10-17(18)23-20(24)14-7-8-14)12-22-19(25)11-15-4-2-3-5-16(15)21/h2-6,9-10,14H,7-8,11-12H2,1H3,(H,22,25). The molecular weight excluding hydrogens is 317 g/mol. The predicted molar refractivity (Wildman–Crippen MR) is 94.6 cm³/mol. The number of hydrogen-bond donors (Lipinski definition) is 1. The predicted octanol–water partition coefficient (Wildman–Crippen LogP) is 3.45. The summed E-state index contributed by atoms with van der Waals surface area (Å²) in [5, 5.41) is 2.86. The van der Waals surface area contributed by atoms with Gasteiger partial charge in [-0.3, -0.25) is 4.79 Å². The molecule has 0 atom stereocenters. The zero-order chi connectivity index (χ0) is 17.4. The quantitative estimate of drug-likeness (QED) is 0.775. The van der Waals surface area contributed by atoms with Gasteiger partial charge in [0.15, 0.2) is 0 Å². The van der Waals surface area contributed by atoms with Gasteiger partial charge in [-0.2, -0.15) is 0 Å². The second-order valence-electron chi connectivity index (χ2n) is 6.67. The van der Waals surface area contributed by atoms with E-state index in [2.05, 4.69) is 16.9 Å². The van der Waals surface area contributed by atoms with Crippen LogP contribution in [-0.2, 0) is 24.8 Å². The summed E-state index contributed by atoms with van der Waals surface area (Å²) < 4.78 is 15.8. The molecule has 1 fully saturated rings. The van der Waals surface area contributed by atoms with Crippen molar-refractivity contribution in [2.24, 2.45) is 7.05 Å². The fourth-order valence-corrected chi connectivity index (χ4v) is 3.16. The van der Waals surface area contributed by atoms with Crippen molar-refractivity contribution in [3.05, 3.63) is 65.2 Å². The molecule has 3 aromatic rings. The zero-order valence-electron chi connectivity index (χ0n) is 14.1. The van der Waals surface area contributed by atoms with Crippen LogP contribution < -0.4 is 5.32 Å². The summed E-state index contributed by atoms with van der Waals surface area (Å²) in [4.78, 5) is 16.8. The van der Waals surface area contributed by atoms with Gasteiger partial charge in [-0.15, -0.1) is 0 Å². The number of imidazole rings is 1. The maximum Gasteiger partial charge on any atom is 0.224 e. The van der Waals surface area contributed by atoms with Crippen LogP contribution in [0.25, 0.3) is 11.0 Å². The van der Waals surface area contributed by atoms with Crippen molar-refractivity contribution < 1.29 is 9.18 Å². The largest absolute Gasteiger partial charge is 0.352 e. The van der Waals surface area contributed by atoms with Crippen LogP contribution in [0, 0.1) is 5.82 Å². The Kier molecular flexibility index (Phi) is 3.99. The lowest BCUT2D eigenvalue weighted by atomic mass is 10.1. The maximum absolute atomic E-state index is 13.6. The molecule has 128 valence electrons. The molecule has 1 amide bonds. The fraction of sp³-hybridized carbons (Fsp3) is 0.300. The molecule has 4 nitrogen and oxygen atoms in total. The molecule has 2 aromatic carbocycles. The number of nitrogens with zero attached hydrogens (tertiary/aromatic N) is 2. The molecule has 25 heavy (non-hydrogen) atoms. The van der Waals surface area contributed by atoms with Gasteiger partial charge in [0.2, 0.25) is 5.91 Å². The molecular formula is C20H20FN3O. The number of carbonyl (C=O) groups excluding carboxylic acids is 1. The molecule has 1 saturated carbocycles. The van der Waals surface area contributed by atoms with Gasteiger partial charge in [-0.05, 0) is 42.2 Å². The Morgan fingerprint density at radius 2 is 2.08 bits per heavy atom. The number of rotatable bonds is 5. The van der Waals surface area contributed by atoms with Crippen molar-refractivity contribution in [2.75, 3.05) is 0 Å². The van der Waals surface area contributed by atoms with Gasteiger partial charge < -0.3 is 9.88 Å². The number of nitrogens with one attached hydrogen (secondary N) is 1. The van der Waals surface area contributed by atoms with Crippen molar-refractivity contribution in [2.45, 2.75) is 31.7 Å². The van der Waals surface area contributed by atoms with E-state index < -0.39 is 0 Å². The average Bonchev–Trinajstić information content (AvgIpc) is 3.40. The number of aryl methyl sites for hydroxylation is 1. The second-order valence-corrected chi connectivity index (χ2v) is 6.67. The first-order chi connectivity index (χ1) is 12.1. The van der Waals surface area contributed by atoms with E-state index in [1.807, 2.05) is 18.2 Å². The minimum absolute atomic E-state index is 0.0460. The highest BCUT2D eigenvalue weighted by Crippen LogP contribution is 2.40. The second kappa shape index (κ2) is 6.31. The molecule has 1 aromatic heterocycles. The van der Waals surface area contributed by atoms with E-state index in [9.17, 15) is 9.18 Å². The molecule has 0 spiro atoms. The minimum atomic E-state index is -0.347. The Bertz CT molecular complexity index is 943. The van der Waals surface area contributed by atoms with Crippen molar-refractivity contribution in [1.29, 1.82) is 0 Å². The fourth-order valence-electron chi connectivity index (χ4n) is 3.16. The zero-order valence-corrected chi connectivity index (χ0v) is 14.1. The van der Waals surface area contributed by atoms with E-state index in [1.54, 1.807) is 18.2 Å². The number of carbonyl (C=O) groups is 1. The summed E-state index contributed by atoms with van der Waals surface area (Å²) in [7, 11) is 2.05. The highest BCUT2D eigenvalue weighted by Gasteiger charge is 2.28. The summed E-state index contributed by atoms with van der Waals surface area (Å²) in [6.45, 7) is 0.415. The normalized spacial score (nSPS) is 14.0. The number of hydrogen-bond acceptors (Lipinski definition) is 2. The van der Waals surface area contributed by atoms with E-state index in [0.717, 1.165) is 22.4 Å². The molecule has 1 heterocycles. The Labute approximate surface area is 145 Å². The van der Waals surface area contributed by atoms with Crippen LogP contribution in [0.4, 0.5) is 4.39 Å². The van der Waals surface area contributed by atoms with Crippen molar-refractivity contribution in [3.8, 4) is 0 Å². The number of halogens is 1. The van der Waals surface area contributed by atoms with E-state index in [-0.39, 0.29) is 18.1 Å². The molecule has 4 rings (SSSR count). The van der Waals surface area contributed by atoms with E-state index in [1.165, 1.54) is 18.9 Å². The third-order valence-corrected chi connectivity index (χ3v) is 4.72. The smallest absolute Gasteiger partial charge is 0.224 e. The molecule has 0 saturated heterocycles. The van der Waals surface area contributed by atoms with Crippen LogP contribution in [-0.4, -0.2) is 15.5 Å². The minimum Gasteiger partial charge on any atom is -0.352 e. The Morgan fingerprint density at radius 1 is 1.28 bits per heavy atom. The summed E-state index contributed by atoms with van der Waals surface area (Å²) >= 11 is 0. The van der Waals surface area contributed by atoms with Gasteiger partial charge in [-0.25, -0.2) is 9.37 Å². The molecule has 1 N–H and O–H groups in total. The van der Waals surface area contributed by atoms with Crippen LogP contribution in [0.1, 0.15) is 35.7 Å². The highest BCUT2D eigenvalue weighted by atomic mass is 19.1. The molecule has 0 bridgehead atoms. The van der Waals surface area contributed by atoms with Crippen molar-refractivity contribution in [1.82, 2.24) is 14.9 Å². The molecule has 0 radical (unpaired) electrons. The van der Waals surface area contributed by atoms with Crippen LogP contribution in [0.15, 0.2) is 42.5 Å². The Morgan fingerprint density at radius 3 is 2.84 bits per heavy atom. The average molecular weight is 337 g/mol. The number of aromatic nitrogens is 2. The first kappa shape index (κ1) is 15.8. The monoisotopic (exact) mass is 337 g/mol. The number of amides is 1. The van der Waals surface area contributed by atoms with Crippen LogP contribution >= 0.6 is 0 Å². The first-order valence-electron chi connectivity index (χ1n) is 8.57. The number of benzene rings is 2. The number of fused-ring (bicyclic) bond motifs is 1. The summed E-state index contributed by atoms with van der Waals surface area (Å²) in [6, 6.07) is 12.4. The SMILES string of the molecule is Cn1c(C2CC2)nc2cc(CNC(=O)Cc3ccccc3F)ccc21. The van der Waals surface area contributed by atoms with Crippen LogP contribution in [0.5, 0.6) is 0 Å². The first-order valence-corrected chi connectivity index (χ1v) is 8.57. The van der Waals surface area contributed by atoms with Gasteiger partial charge in [0, 0.05) is 19.5 Å². The topological polar surface area (TPSA) is 46.9 Å². The molecule has 0 aliphatic heterocycles. The van der Waals surface area contributed by atoms with E-state index in [0.29, 0.717) is 18.0 Å². The van der Waals surface area contributed by atoms with E-state index >= 15 is 0 Å². The lowest BCUT2D eigenvalue weighted by molar-refractivity contribution is -0.120. The van der Waals surface area contributed by atoms with Crippen LogP contribution in [0.2, 0.25) is 0 Å². The van der Waals surface area contributed by atoms with Gasteiger partial charge in [0.1, 0.15) is 11.6 Å². The maximum atomic E-state index is 13.6. The lowest BCUT2D eigenvalue weighted by Crippen LogP contribution is -2.24. The third-order valence-electron chi connectivity index (χ3n) is 4.72. The van der Waals surface area contributed by atoms with Crippen molar-refractivity contribution >= 4 is 16.9 Å². The highest BCUT2D eigenvalue weighted by molar-refractivity contribution is 5.79.